The molecule has 1 radical (unpaired) electrons. The van der Waals surface area contributed by atoms with Crippen molar-refractivity contribution in [3.63, 3.8) is 0 Å². The van der Waals surface area contributed by atoms with Gasteiger partial charge in [0.1, 0.15) is 0 Å². The van der Waals surface area contributed by atoms with Gasteiger partial charge in [0.25, 0.3) is 0 Å². The molecule has 0 amide bonds. The smallest absolute Gasteiger partial charge is 0.324 e. The van der Waals surface area contributed by atoms with Gasteiger partial charge in [-0.15, -0.1) is 0 Å². The summed E-state index contributed by atoms with van der Waals surface area (Å²) >= 11 is 0. The monoisotopic (exact) mass is 121 g/mol. The van der Waals surface area contributed by atoms with Crippen molar-refractivity contribution in [1.29, 1.82) is 0 Å². The summed E-state index contributed by atoms with van der Waals surface area (Å²) in [5.41, 5.74) is 0. The van der Waals surface area contributed by atoms with Crippen LogP contribution < -0.4 is 0 Å². The van der Waals surface area contributed by atoms with Crippen molar-refractivity contribution in [2.75, 3.05) is 0 Å². The van der Waals surface area contributed by atoms with E-state index < -0.39 is 8.60 Å². The standard InChI is InChI=1S/K.H3O3P/c;1-4(2)3/h;1-3H. The van der Waals surface area contributed by atoms with Crippen LogP contribution in [0.4, 0.5) is 0 Å². The molecule has 0 aliphatic carbocycles. The molecule has 5 heteroatoms. The zero-order valence-corrected chi connectivity index (χ0v) is 6.81. The molecule has 0 bridgehead atoms. The van der Waals surface area contributed by atoms with Crippen LogP contribution in [0.25, 0.3) is 0 Å². The van der Waals surface area contributed by atoms with Gasteiger partial charge < -0.3 is 14.7 Å². The first kappa shape index (κ1) is 10.0. The second-order valence-electron chi connectivity index (χ2n) is 0.268. The molecular formula is H3KO3P. The Morgan fingerprint density at radius 3 is 1.00 bits per heavy atom. The number of rotatable bonds is 0. The Morgan fingerprint density at radius 2 is 1.00 bits per heavy atom. The molecule has 0 atom stereocenters. The summed E-state index contributed by atoms with van der Waals surface area (Å²) in [6, 6.07) is 0. The summed E-state index contributed by atoms with van der Waals surface area (Å²) in [4.78, 5) is 21.7. The summed E-state index contributed by atoms with van der Waals surface area (Å²) in [6.07, 6.45) is 0. The van der Waals surface area contributed by atoms with Crippen LogP contribution in [0.2, 0.25) is 0 Å². The van der Waals surface area contributed by atoms with Gasteiger partial charge >= 0.3 is 8.60 Å². The van der Waals surface area contributed by atoms with E-state index in [0.29, 0.717) is 0 Å². The third-order valence-corrected chi connectivity index (χ3v) is 0. The molecule has 0 spiro atoms. The fraction of sp³-hybridized carbons (Fsp3) is 0. The van der Waals surface area contributed by atoms with E-state index in [-0.39, 0.29) is 51.4 Å². The average Bonchev–Trinajstić information content (AvgIpc) is 0.811. The summed E-state index contributed by atoms with van der Waals surface area (Å²) in [6.45, 7) is 0. The van der Waals surface area contributed by atoms with Crippen molar-refractivity contribution in [3.8, 4) is 0 Å². The van der Waals surface area contributed by atoms with Gasteiger partial charge in [-0.05, 0) is 0 Å². The van der Waals surface area contributed by atoms with Crippen LogP contribution >= 0.6 is 8.60 Å². The second kappa shape index (κ2) is 5.95. The summed E-state index contributed by atoms with van der Waals surface area (Å²) < 4.78 is 0. The van der Waals surface area contributed by atoms with Crippen molar-refractivity contribution in [2.45, 2.75) is 0 Å². The third-order valence-electron chi connectivity index (χ3n) is 0. The second-order valence-corrected chi connectivity index (χ2v) is 0.805. The number of hydrogen-bond acceptors (Lipinski definition) is 3. The molecule has 0 aromatic rings. The van der Waals surface area contributed by atoms with E-state index in [1.807, 2.05) is 0 Å². The Kier molecular flexibility index (Phi) is 11.9. The molecule has 0 heterocycles. The van der Waals surface area contributed by atoms with E-state index >= 15 is 0 Å². The van der Waals surface area contributed by atoms with Gasteiger partial charge in [0.2, 0.25) is 0 Å². The van der Waals surface area contributed by atoms with Gasteiger partial charge in [-0.3, -0.25) is 0 Å². The molecule has 0 fully saturated rings. The van der Waals surface area contributed by atoms with Crippen LogP contribution in [0, 0.1) is 0 Å². The first-order valence-corrected chi connectivity index (χ1v) is 1.80. The van der Waals surface area contributed by atoms with Crippen LogP contribution in [0.15, 0.2) is 0 Å². The molecule has 0 rings (SSSR count). The van der Waals surface area contributed by atoms with E-state index in [1.54, 1.807) is 0 Å². The van der Waals surface area contributed by atoms with Crippen LogP contribution in [-0.2, 0) is 0 Å². The van der Waals surface area contributed by atoms with E-state index in [4.69, 9.17) is 14.7 Å². The maximum Gasteiger partial charge on any atom is 0.324 e. The van der Waals surface area contributed by atoms with E-state index in [9.17, 15) is 0 Å². The third kappa shape index (κ3) is 24.4. The maximum absolute atomic E-state index is 7.23. The largest absolute Gasteiger partial charge is 0.328 e. The Balaban J connectivity index is 0. The van der Waals surface area contributed by atoms with E-state index in [1.165, 1.54) is 0 Å². The minimum absolute atomic E-state index is 0. The van der Waals surface area contributed by atoms with Gasteiger partial charge in [0, 0.05) is 51.4 Å². The molecular weight excluding hydrogens is 118 g/mol. The predicted molar refractivity (Wildman–Crippen MR) is 19.3 cm³/mol. The minimum atomic E-state index is -2.62. The van der Waals surface area contributed by atoms with Crippen molar-refractivity contribution < 1.29 is 14.7 Å². The summed E-state index contributed by atoms with van der Waals surface area (Å²) in [7, 11) is -2.62. The fourth-order valence-electron chi connectivity index (χ4n) is 0. The SMILES string of the molecule is OP(O)O.[K]. The van der Waals surface area contributed by atoms with Crippen molar-refractivity contribution >= 4 is 60.0 Å². The topological polar surface area (TPSA) is 60.7 Å². The van der Waals surface area contributed by atoms with Gasteiger partial charge in [0.15, 0.2) is 0 Å². The molecule has 5 heavy (non-hydrogen) atoms. The predicted octanol–water partition coefficient (Wildman–Crippen LogP) is -1.19. The average molecular weight is 121 g/mol. The molecule has 3 N–H and O–H groups in total. The molecule has 0 unspecified atom stereocenters. The maximum atomic E-state index is 7.23. The van der Waals surface area contributed by atoms with Crippen molar-refractivity contribution in [2.24, 2.45) is 0 Å². The van der Waals surface area contributed by atoms with Crippen LogP contribution in [0.3, 0.4) is 0 Å². The molecule has 0 aliphatic heterocycles. The molecule has 0 aromatic carbocycles. The number of hydrogen-bond donors (Lipinski definition) is 3. The molecule has 0 saturated heterocycles. The van der Waals surface area contributed by atoms with Crippen molar-refractivity contribution in [3.05, 3.63) is 0 Å². The Hall–Kier alpha value is 1.95. The van der Waals surface area contributed by atoms with Gasteiger partial charge in [-0.2, -0.15) is 0 Å². The zero-order chi connectivity index (χ0) is 3.58. The van der Waals surface area contributed by atoms with Gasteiger partial charge in [-0.1, -0.05) is 0 Å². The molecule has 27 valence electrons. The van der Waals surface area contributed by atoms with Gasteiger partial charge in [0.05, 0.1) is 0 Å². The summed E-state index contributed by atoms with van der Waals surface area (Å²) in [5.74, 6) is 0. The quantitative estimate of drug-likeness (QED) is 0.279. The fourth-order valence-corrected chi connectivity index (χ4v) is 0. The zero-order valence-electron chi connectivity index (χ0n) is 2.79. The Labute approximate surface area is 73.4 Å². The van der Waals surface area contributed by atoms with E-state index in [2.05, 4.69) is 0 Å². The van der Waals surface area contributed by atoms with Crippen LogP contribution in [0.5, 0.6) is 0 Å². The molecule has 3 nitrogen and oxygen atoms in total. The van der Waals surface area contributed by atoms with Crippen molar-refractivity contribution in [1.82, 2.24) is 0 Å². The van der Waals surface area contributed by atoms with Crippen LogP contribution in [0.1, 0.15) is 0 Å². The first-order valence-electron chi connectivity index (χ1n) is 0.600. The first-order chi connectivity index (χ1) is 1.73. The van der Waals surface area contributed by atoms with Crippen LogP contribution in [-0.4, -0.2) is 66.1 Å². The molecule has 0 aliphatic rings. The van der Waals surface area contributed by atoms with Gasteiger partial charge in [-0.25, -0.2) is 0 Å². The molecule has 0 saturated carbocycles. The Bertz CT molecular complexity index is 11.6. The normalized spacial score (nSPS) is 7.20. The Morgan fingerprint density at radius 1 is 1.00 bits per heavy atom. The minimum Gasteiger partial charge on any atom is -0.328 e. The van der Waals surface area contributed by atoms with E-state index in [0.717, 1.165) is 0 Å². The summed E-state index contributed by atoms with van der Waals surface area (Å²) in [5, 5.41) is 0. The molecule has 0 aromatic heterocycles.